The van der Waals surface area contributed by atoms with Gasteiger partial charge in [-0.3, -0.25) is 4.99 Å². The Morgan fingerprint density at radius 3 is 2.95 bits per heavy atom. The van der Waals surface area contributed by atoms with Crippen molar-refractivity contribution in [2.45, 2.75) is 51.0 Å². The third-order valence-electron chi connectivity index (χ3n) is 4.15. The van der Waals surface area contributed by atoms with E-state index in [1.54, 1.807) is 0 Å². The predicted octanol–water partition coefficient (Wildman–Crippen LogP) is 2.52. The summed E-state index contributed by atoms with van der Waals surface area (Å²) in [7, 11) is 2.02. The summed E-state index contributed by atoms with van der Waals surface area (Å²) in [4.78, 5) is 4.26. The Bertz CT molecular complexity index is 517. The van der Waals surface area contributed by atoms with Crippen LogP contribution in [-0.4, -0.2) is 29.5 Å². The lowest BCUT2D eigenvalue weighted by atomic mass is 9.86. The Kier molecular flexibility index (Phi) is 3.46. The van der Waals surface area contributed by atoms with Crippen LogP contribution in [0.2, 0.25) is 0 Å². The molecule has 5 nitrogen and oxygen atoms in total. The van der Waals surface area contributed by atoms with E-state index >= 15 is 0 Å². The van der Waals surface area contributed by atoms with Crippen molar-refractivity contribution in [1.29, 1.82) is 0 Å². The predicted molar refractivity (Wildman–Crippen MR) is 74.1 cm³/mol. The summed E-state index contributed by atoms with van der Waals surface area (Å²) >= 11 is 0. The molecule has 102 valence electrons. The minimum atomic E-state index is 0.399. The highest BCUT2D eigenvalue weighted by atomic mass is 16.4. The first-order valence-corrected chi connectivity index (χ1v) is 7.01. The molecule has 2 aliphatic rings. The number of aromatic nitrogens is 2. The molecule has 19 heavy (non-hydrogen) atoms. The molecule has 2 atom stereocenters. The van der Waals surface area contributed by atoms with Crippen LogP contribution in [-0.2, 0) is 0 Å². The molecule has 0 amide bonds. The average Bonchev–Trinajstić information content (AvgIpc) is 3.07. The second-order valence-electron chi connectivity index (χ2n) is 5.37. The fourth-order valence-electron chi connectivity index (χ4n) is 2.94. The molecule has 0 radical (unpaired) electrons. The van der Waals surface area contributed by atoms with Gasteiger partial charge in [0, 0.05) is 35.9 Å². The van der Waals surface area contributed by atoms with Gasteiger partial charge in [-0.2, -0.15) is 0 Å². The van der Waals surface area contributed by atoms with Gasteiger partial charge in [0.1, 0.15) is 0 Å². The molecule has 0 spiro atoms. The first-order valence-electron chi connectivity index (χ1n) is 7.01. The van der Waals surface area contributed by atoms with E-state index in [1.165, 1.54) is 12.8 Å². The van der Waals surface area contributed by atoms with Crippen LogP contribution in [0.4, 0.5) is 0 Å². The monoisotopic (exact) mass is 260 g/mol. The van der Waals surface area contributed by atoms with E-state index < -0.39 is 0 Å². The van der Waals surface area contributed by atoms with Gasteiger partial charge >= 0.3 is 0 Å². The van der Waals surface area contributed by atoms with E-state index in [0.29, 0.717) is 17.9 Å². The van der Waals surface area contributed by atoms with E-state index in [-0.39, 0.29) is 0 Å². The Labute approximate surface area is 113 Å². The number of aliphatic imine (C=N–C) groups is 1. The molecule has 1 aromatic rings. The maximum Gasteiger partial charge on any atom is 0.245 e. The summed E-state index contributed by atoms with van der Waals surface area (Å²) < 4.78 is 5.88. The number of hydrogen-bond donors (Lipinski definition) is 1. The van der Waals surface area contributed by atoms with Crippen LogP contribution in [0, 0.1) is 0 Å². The average molecular weight is 260 g/mol. The van der Waals surface area contributed by atoms with Gasteiger partial charge in [-0.05, 0) is 33.2 Å². The fraction of sp³-hybridized carbons (Fsp3) is 0.643. The van der Waals surface area contributed by atoms with Crippen LogP contribution in [0.1, 0.15) is 56.7 Å². The summed E-state index contributed by atoms with van der Waals surface area (Å²) in [6, 6.07) is 0.574. The Morgan fingerprint density at radius 2 is 2.21 bits per heavy atom. The van der Waals surface area contributed by atoms with Gasteiger partial charge in [0.2, 0.25) is 11.8 Å². The van der Waals surface area contributed by atoms with Crippen molar-refractivity contribution in [3.63, 3.8) is 0 Å². The summed E-state index contributed by atoms with van der Waals surface area (Å²) in [6.45, 7) is 1.99. The molecule has 1 fully saturated rings. The molecule has 1 N–H and O–H groups in total. The number of nitrogens with one attached hydrogen (secondary N) is 1. The molecule has 0 saturated heterocycles. The zero-order chi connectivity index (χ0) is 13.2. The number of hydrogen-bond acceptors (Lipinski definition) is 5. The Morgan fingerprint density at radius 1 is 1.32 bits per heavy atom. The summed E-state index contributed by atoms with van der Waals surface area (Å²) in [6.07, 6.45) is 7.40. The topological polar surface area (TPSA) is 63.3 Å². The smallest absolute Gasteiger partial charge is 0.245 e. The SMILES string of the molecule is CN[C@@H]1CCC[C@H](c2nnc(C3=C(C)N=CC3)o2)C1. The molecule has 1 aliphatic heterocycles. The molecule has 0 unspecified atom stereocenters. The highest BCUT2D eigenvalue weighted by Crippen LogP contribution is 2.34. The standard InChI is InChI=1S/C14H20N4O/c1-9-12(6-7-16-9)14-18-17-13(19-14)10-4-3-5-11(8-10)15-2/h7,10-11,15H,3-6,8H2,1-2H3/t10-,11+/m0/s1. The zero-order valence-corrected chi connectivity index (χ0v) is 11.5. The minimum absolute atomic E-state index is 0.399. The lowest BCUT2D eigenvalue weighted by Gasteiger charge is -2.26. The van der Waals surface area contributed by atoms with Crippen LogP contribution in [0.15, 0.2) is 15.1 Å². The van der Waals surface area contributed by atoms with E-state index in [1.807, 2.05) is 20.2 Å². The molecule has 1 saturated carbocycles. The third kappa shape index (κ3) is 2.47. The first kappa shape index (κ1) is 12.5. The van der Waals surface area contributed by atoms with E-state index in [0.717, 1.165) is 36.4 Å². The summed E-state index contributed by atoms with van der Waals surface area (Å²) in [5, 5.41) is 11.8. The van der Waals surface area contributed by atoms with Gasteiger partial charge in [-0.25, -0.2) is 0 Å². The normalized spacial score (nSPS) is 27.3. The second-order valence-corrected chi connectivity index (χ2v) is 5.37. The van der Waals surface area contributed by atoms with Crippen molar-refractivity contribution >= 4 is 11.8 Å². The zero-order valence-electron chi connectivity index (χ0n) is 11.5. The lowest BCUT2D eigenvalue weighted by molar-refractivity contribution is 0.311. The van der Waals surface area contributed by atoms with E-state index in [2.05, 4.69) is 20.5 Å². The van der Waals surface area contributed by atoms with Crippen LogP contribution in [0.25, 0.3) is 5.57 Å². The first-order chi connectivity index (χ1) is 9.28. The summed E-state index contributed by atoms with van der Waals surface area (Å²) in [5.74, 6) is 1.84. The molecular weight excluding hydrogens is 240 g/mol. The van der Waals surface area contributed by atoms with Gasteiger partial charge in [-0.15, -0.1) is 10.2 Å². The minimum Gasteiger partial charge on any atom is -0.421 e. The lowest BCUT2D eigenvalue weighted by Crippen LogP contribution is -2.30. The van der Waals surface area contributed by atoms with Crippen molar-refractivity contribution in [3.8, 4) is 0 Å². The van der Waals surface area contributed by atoms with Crippen LogP contribution in [0.3, 0.4) is 0 Å². The van der Waals surface area contributed by atoms with Gasteiger partial charge in [0.15, 0.2) is 0 Å². The van der Waals surface area contributed by atoms with Gasteiger partial charge in [0.05, 0.1) is 0 Å². The highest BCUT2D eigenvalue weighted by Gasteiger charge is 2.27. The summed E-state index contributed by atoms with van der Waals surface area (Å²) in [5.41, 5.74) is 2.06. The van der Waals surface area contributed by atoms with Crippen molar-refractivity contribution in [2.75, 3.05) is 7.05 Å². The van der Waals surface area contributed by atoms with E-state index in [4.69, 9.17) is 4.42 Å². The largest absolute Gasteiger partial charge is 0.421 e. The van der Waals surface area contributed by atoms with Crippen LogP contribution in [0.5, 0.6) is 0 Å². The highest BCUT2D eigenvalue weighted by molar-refractivity contribution is 5.83. The maximum absolute atomic E-state index is 5.88. The number of allylic oxidation sites excluding steroid dienone is 2. The second kappa shape index (κ2) is 5.25. The van der Waals surface area contributed by atoms with Crippen molar-refractivity contribution < 1.29 is 4.42 Å². The van der Waals surface area contributed by atoms with Crippen LogP contribution >= 0.6 is 0 Å². The molecule has 0 bridgehead atoms. The Hall–Kier alpha value is -1.49. The van der Waals surface area contributed by atoms with Gasteiger partial charge in [-0.1, -0.05) is 6.42 Å². The number of rotatable bonds is 3. The molecule has 1 aromatic heterocycles. The van der Waals surface area contributed by atoms with Gasteiger partial charge in [0.25, 0.3) is 0 Å². The van der Waals surface area contributed by atoms with E-state index in [9.17, 15) is 0 Å². The maximum atomic E-state index is 5.88. The molecule has 3 rings (SSSR count). The van der Waals surface area contributed by atoms with Crippen molar-refractivity contribution in [2.24, 2.45) is 4.99 Å². The van der Waals surface area contributed by atoms with Crippen molar-refractivity contribution in [3.05, 3.63) is 17.5 Å². The van der Waals surface area contributed by atoms with Crippen LogP contribution < -0.4 is 5.32 Å². The van der Waals surface area contributed by atoms with Crippen molar-refractivity contribution in [1.82, 2.24) is 15.5 Å². The molecular formula is C14H20N4O. The molecule has 0 aromatic carbocycles. The Balaban J connectivity index is 1.76. The molecule has 2 heterocycles. The van der Waals surface area contributed by atoms with Gasteiger partial charge < -0.3 is 9.73 Å². The number of nitrogens with zero attached hydrogens (tertiary/aromatic N) is 3. The quantitative estimate of drug-likeness (QED) is 0.907. The fourth-order valence-corrected chi connectivity index (χ4v) is 2.94. The molecule has 5 heteroatoms. The molecule has 1 aliphatic carbocycles. The third-order valence-corrected chi connectivity index (χ3v) is 4.15.